The number of hydrogen-bond acceptors (Lipinski definition) is 3. The summed E-state index contributed by atoms with van der Waals surface area (Å²) in [6, 6.07) is 9.45. The summed E-state index contributed by atoms with van der Waals surface area (Å²) in [5, 5.41) is 5.32. The van der Waals surface area contributed by atoms with Crippen LogP contribution in [0.3, 0.4) is 0 Å². The molecule has 1 aromatic rings. The van der Waals surface area contributed by atoms with Crippen molar-refractivity contribution in [2.75, 3.05) is 13.1 Å². The van der Waals surface area contributed by atoms with E-state index in [1.165, 1.54) is 0 Å². The van der Waals surface area contributed by atoms with Crippen LogP contribution in [0.4, 0.5) is 4.79 Å². The molecule has 1 fully saturated rings. The Bertz CT molecular complexity index is 420. The Kier molecular flexibility index (Phi) is 4.17. The Hall–Kier alpha value is -2.04. The first-order chi connectivity index (χ1) is 8.75. The lowest BCUT2D eigenvalue weighted by Gasteiger charge is -2.09. The van der Waals surface area contributed by atoms with Gasteiger partial charge >= 0.3 is 6.09 Å². The molecule has 0 aromatic heterocycles. The van der Waals surface area contributed by atoms with Gasteiger partial charge in [0, 0.05) is 13.1 Å². The molecule has 1 saturated heterocycles. The van der Waals surface area contributed by atoms with Gasteiger partial charge in [0.25, 0.3) is 0 Å². The summed E-state index contributed by atoms with van der Waals surface area (Å²) in [4.78, 5) is 22.7. The van der Waals surface area contributed by atoms with E-state index in [1.54, 1.807) is 0 Å². The van der Waals surface area contributed by atoms with Crippen molar-refractivity contribution in [3.05, 3.63) is 35.9 Å². The van der Waals surface area contributed by atoms with E-state index in [0.29, 0.717) is 13.1 Å². The quantitative estimate of drug-likeness (QED) is 0.837. The lowest BCUT2D eigenvalue weighted by molar-refractivity contribution is -0.122. The topological polar surface area (TPSA) is 67.4 Å². The van der Waals surface area contributed by atoms with Gasteiger partial charge in [-0.25, -0.2) is 4.79 Å². The van der Waals surface area contributed by atoms with E-state index in [4.69, 9.17) is 4.74 Å². The van der Waals surface area contributed by atoms with Crippen molar-refractivity contribution in [1.82, 2.24) is 10.6 Å². The van der Waals surface area contributed by atoms with Gasteiger partial charge in [-0.2, -0.15) is 0 Å². The highest BCUT2D eigenvalue weighted by atomic mass is 16.5. The van der Waals surface area contributed by atoms with Gasteiger partial charge in [0.05, 0.1) is 5.92 Å². The molecule has 1 aromatic carbocycles. The van der Waals surface area contributed by atoms with E-state index in [2.05, 4.69) is 10.6 Å². The Morgan fingerprint density at radius 2 is 2.17 bits per heavy atom. The number of hydrogen-bond donors (Lipinski definition) is 2. The largest absolute Gasteiger partial charge is 0.445 e. The van der Waals surface area contributed by atoms with Crippen molar-refractivity contribution in [2.24, 2.45) is 5.92 Å². The number of rotatable bonds is 4. The van der Waals surface area contributed by atoms with E-state index in [1.807, 2.05) is 30.3 Å². The molecule has 0 aliphatic carbocycles. The number of ether oxygens (including phenoxy) is 1. The summed E-state index contributed by atoms with van der Waals surface area (Å²) in [6.45, 7) is 1.26. The third kappa shape index (κ3) is 3.48. The molecule has 0 unspecified atom stereocenters. The minimum Gasteiger partial charge on any atom is -0.445 e. The fourth-order valence-electron chi connectivity index (χ4n) is 1.82. The number of benzene rings is 1. The molecule has 1 atom stereocenters. The van der Waals surface area contributed by atoms with Crippen molar-refractivity contribution < 1.29 is 14.3 Å². The molecular weight excluding hydrogens is 232 g/mol. The second kappa shape index (κ2) is 6.05. The average molecular weight is 248 g/mol. The molecule has 2 amide bonds. The smallest absolute Gasteiger partial charge is 0.407 e. The number of amides is 2. The second-order valence-corrected chi connectivity index (χ2v) is 4.22. The van der Waals surface area contributed by atoms with Gasteiger partial charge in [0.2, 0.25) is 5.91 Å². The summed E-state index contributed by atoms with van der Waals surface area (Å²) in [5.41, 5.74) is 0.936. The fourth-order valence-corrected chi connectivity index (χ4v) is 1.82. The minimum absolute atomic E-state index is 0.00152. The Morgan fingerprint density at radius 3 is 2.83 bits per heavy atom. The van der Waals surface area contributed by atoms with E-state index in [0.717, 1.165) is 12.0 Å². The van der Waals surface area contributed by atoms with Gasteiger partial charge in [-0.15, -0.1) is 0 Å². The van der Waals surface area contributed by atoms with Crippen LogP contribution in [-0.2, 0) is 16.1 Å². The standard InChI is InChI=1S/C13H16N2O3/c16-12-11(6-7-14-12)8-15-13(17)18-9-10-4-2-1-3-5-10/h1-5,11H,6-9H2,(H,14,16)(H,15,17)/t11-/m0/s1. The maximum absolute atomic E-state index is 11.4. The highest BCUT2D eigenvalue weighted by Gasteiger charge is 2.24. The van der Waals surface area contributed by atoms with Crippen LogP contribution in [-0.4, -0.2) is 25.1 Å². The zero-order chi connectivity index (χ0) is 12.8. The predicted octanol–water partition coefficient (Wildman–Crippen LogP) is 1.05. The molecule has 2 rings (SSSR count). The molecule has 5 nitrogen and oxygen atoms in total. The van der Waals surface area contributed by atoms with Crippen LogP contribution in [0.5, 0.6) is 0 Å². The highest BCUT2D eigenvalue weighted by Crippen LogP contribution is 2.07. The molecule has 1 aliphatic heterocycles. The van der Waals surface area contributed by atoms with Crippen LogP contribution in [0.25, 0.3) is 0 Å². The molecule has 2 N–H and O–H groups in total. The van der Waals surface area contributed by atoms with E-state index >= 15 is 0 Å². The van der Waals surface area contributed by atoms with E-state index in [9.17, 15) is 9.59 Å². The molecule has 96 valence electrons. The molecule has 0 bridgehead atoms. The third-order valence-corrected chi connectivity index (χ3v) is 2.87. The Morgan fingerprint density at radius 1 is 1.39 bits per heavy atom. The summed E-state index contributed by atoms with van der Waals surface area (Å²) < 4.78 is 5.04. The van der Waals surface area contributed by atoms with Crippen molar-refractivity contribution in [3.63, 3.8) is 0 Å². The van der Waals surface area contributed by atoms with Crippen LogP contribution in [0.2, 0.25) is 0 Å². The van der Waals surface area contributed by atoms with Crippen LogP contribution in [0, 0.1) is 5.92 Å². The van der Waals surface area contributed by atoms with Crippen LogP contribution in [0.1, 0.15) is 12.0 Å². The monoisotopic (exact) mass is 248 g/mol. The first-order valence-electron chi connectivity index (χ1n) is 5.98. The number of nitrogens with one attached hydrogen (secondary N) is 2. The highest BCUT2D eigenvalue weighted by molar-refractivity contribution is 5.81. The molecule has 1 heterocycles. The molecular formula is C13H16N2O3. The van der Waals surface area contributed by atoms with Crippen LogP contribution < -0.4 is 10.6 Å². The predicted molar refractivity (Wildman–Crippen MR) is 65.7 cm³/mol. The summed E-state index contributed by atoms with van der Waals surface area (Å²) in [5.74, 6) is -0.132. The number of carbonyl (C=O) groups excluding carboxylic acids is 2. The van der Waals surface area contributed by atoms with E-state index < -0.39 is 6.09 Å². The van der Waals surface area contributed by atoms with Gasteiger partial charge in [-0.3, -0.25) is 4.79 Å². The maximum Gasteiger partial charge on any atom is 0.407 e. The van der Waals surface area contributed by atoms with Gasteiger partial charge in [0.1, 0.15) is 6.61 Å². The molecule has 5 heteroatoms. The zero-order valence-corrected chi connectivity index (χ0v) is 10.0. The molecule has 18 heavy (non-hydrogen) atoms. The summed E-state index contributed by atoms with van der Waals surface area (Å²) in [6.07, 6.45) is 0.274. The molecule has 1 aliphatic rings. The van der Waals surface area contributed by atoms with Crippen LogP contribution in [0.15, 0.2) is 30.3 Å². The Balaban J connectivity index is 1.68. The summed E-state index contributed by atoms with van der Waals surface area (Å²) >= 11 is 0. The number of alkyl carbamates (subject to hydrolysis) is 1. The lowest BCUT2D eigenvalue weighted by Crippen LogP contribution is -2.33. The van der Waals surface area contributed by atoms with Crippen molar-refractivity contribution in [3.8, 4) is 0 Å². The van der Waals surface area contributed by atoms with Crippen molar-refractivity contribution in [2.45, 2.75) is 13.0 Å². The third-order valence-electron chi connectivity index (χ3n) is 2.87. The van der Waals surface area contributed by atoms with Crippen LogP contribution >= 0.6 is 0 Å². The molecule has 0 radical (unpaired) electrons. The zero-order valence-electron chi connectivity index (χ0n) is 10.0. The van der Waals surface area contributed by atoms with Gasteiger partial charge in [-0.05, 0) is 12.0 Å². The van der Waals surface area contributed by atoms with Gasteiger partial charge in [0.15, 0.2) is 0 Å². The lowest BCUT2D eigenvalue weighted by atomic mass is 10.1. The first-order valence-corrected chi connectivity index (χ1v) is 5.98. The maximum atomic E-state index is 11.4. The normalized spacial score (nSPS) is 18.2. The van der Waals surface area contributed by atoms with Crippen molar-refractivity contribution in [1.29, 1.82) is 0 Å². The SMILES string of the molecule is O=C(NC[C@@H]1CCNC1=O)OCc1ccccc1. The Labute approximate surface area is 106 Å². The minimum atomic E-state index is -0.487. The van der Waals surface area contributed by atoms with Gasteiger partial charge in [-0.1, -0.05) is 30.3 Å². The fraction of sp³-hybridized carbons (Fsp3) is 0.385. The number of carbonyl (C=O) groups is 2. The first kappa shape index (κ1) is 12.4. The van der Waals surface area contributed by atoms with E-state index in [-0.39, 0.29) is 18.4 Å². The average Bonchev–Trinajstić information content (AvgIpc) is 2.81. The molecule has 0 spiro atoms. The molecule has 0 saturated carbocycles. The van der Waals surface area contributed by atoms with Gasteiger partial charge < -0.3 is 15.4 Å². The summed E-state index contributed by atoms with van der Waals surface area (Å²) in [7, 11) is 0. The second-order valence-electron chi connectivity index (χ2n) is 4.22. The van der Waals surface area contributed by atoms with Crippen molar-refractivity contribution >= 4 is 12.0 Å².